The third-order valence-corrected chi connectivity index (χ3v) is 6.19. The Morgan fingerprint density at radius 3 is 2.69 bits per heavy atom. The van der Waals surface area contributed by atoms with Crippen molar-refractivity contribution in [2.45, 2.75) is 58.0 Å². The lowest BCUT2D eigenvalue weighted by molar-refractivity contribution is -0.141. The van der Waals surface area contributed by atoms with Crippen LogP contribution in [-0.2, 0) is 15.1 Å². The molecule has 1 saturated carbocycles. The van der Waals surface area contributed by atoms with Crippen LogP contribution in [0.3, 0.4) is 0 Å². The highest BCUT2D eigenvalue weighted by molar-refractivity contribution is 5.71. The molecule has 7 nitrogen and oxygen atoms in total. The average Bonchev–Trinajstić information content (AvgIpc) is 2.73. The fraction of sp³-hybridized carbons (Fsp3) is 0.680. The number of methoxy groups -OCH3 is 1. The second kappa shape index (κ2) is 12.2. The van der Waals surface area contributed by atoms with E-state index in [2.05, 4.69) is 24.1 Å². The molecule has 3 atom stereocenters. The maximum absolute atomic E-state index is 12.4. The van der Waals surface area contributed by atoms with Gasteiger partial charge in [0.25, 0.3) is 0 Å². The topological polar surface area (TPSA) is 88.1 Å². The summed E-state index contributed by atoms with van der Waals surface area (Å²) in [4.78, 5) is 26.2. The van der Waals surface area contributed by atoms with Gasteiger partial charge in [0.1, 0.15) is 5.75 Å². The molecule has 32 heavy (non-hydrogen) atoms. The summed E-state index contributed by atoms with van der Waals surface area (Å²) in [6.07, 6.45) is 4.24. The summed E-state index contributed by atoms with van der Waals surface area (Å²) in [7, 11) is 5.41. The normalized spacial score (nSPS) is 21.9. The summed E-state index contributed by atoms with van der Waals surface area (Å²) >= 11 is 0. The third-order valence-electron chi connectivity index (χ3n) is 6.19. The zero-order chi connectivity index (χ0) is 23.7. The number of nitrogens with one attached hydrogen (secondary N) is 1. The standard InChI is InChI=1S/C25H40N2O5/c1-18(2)13-19(14-23(28)31-5)16-26-24(29)32-22-11-8-10-20(15-22)25(30)12-7-6-9-21(25)17-27(3)4/h8,10-11,15,18-19,21,30H,6-7,9,12-14,16-17H2,1-5H3,(H,26,29). The van der Waals surface area contributed by atoms with Crippen molar-refractivity contribution in [1.82, 2.24) is 10.2 Å². The Bertz CT molecular complexity index is 752. The van der Waals surface area contributed by atoms with Crippen LogP contribution in [0.25, 0.3) is 0 Å². The van der Waals surface area contributed by atoms with E-state index in [1.165, 1.54) is 7.11 Å². The van der Waals surface area contributed by atoms with Crippen LogP contribution in [0, 0.1) is 17.8 Å². The molecule has 3 unspecified atom stereocenters. The van der Waals surface area contributed by atoms with Gasteiger partial charge in [-0.1, -0.05) is 38.8 Å². The molecule has 0 aromatic heterocycles. The van der Waals surface area contributed by atoms with Crippen LogP contribution in [0.1, 0.15) is 57.9 Å². The largest absolute Gasteiger partial charge is 0.469 e. The van der Waals surface area contributed by atoms with Gasteiger partial charge in [0.15, 0.2) is 0 Å². The molecule has 0 heterocycles. The molecule has 180 valence electrons. The molecule has 2 rings (SSSR count). The van der Waals surface area contributed by atoms with Gasteiger partial charge in [-0.2, -0.15) is 0 Å². The molecule has 0 spiro atoms. The van der Waals surface area contributed by atoms with Gasteiger partial charge >= 0.3 is 12.1 Å². The number of hydrogen-bond donors (Lipinski definition) is 2. The zero-order valence-corrected chi connectivity index (χ0v) is 20.2. The summed E-state index contributed by atoms with van der Waals surface area (Å²) < 4.78 is 10.3. The van der Waals surface area contributed by atoms with Crippen LogP contribution in [0.5, 0.6) is 5.75 Å². The zero-order valence-electron chi connectivity index (χ0n) is 20.2. The molecule has 1 aromatic carbocycles. The number of esters is 1. The van der Waals surface area contributed by atoms with Crippen molar-refractivity contribution in [1.29, 1.82) is 0 Å². The minimum Gasteiger partial charge on any atom is -0.469 e. The summed E-state index contributed by atoms with van der Waals surface area (Å²) in [5.74, 6) is 0.620. The van der Waals surface area contributed by atoms with Crippen molar-refractivity contribution >= 4 is 12.1 Å². The second-order valence-electron chi connectivity index (χ2n) is 9.70. The monoisotopic (exact) mass is 448 g/mol. The molecule has 2 N–H and O–H groups in total. The first-order valence-electron chi connectivity index (χ1n) is 11.6. The molecule has 1 fully saturated rings. The summed E-state index contributed by atoms with van der Waals surface area (Å²) in [5, 5.41) is 14.3. The Kier molecular flexibility index (Phi) is 9.97. The van der Waals surface area contributed by atoms with Crippen LogP contribution in [-0.4, -0.2) is 56.4 Å². The van der Waals surface area contributed by atoms with Crippen LogP contribution in [0.2, 0.25) is 0 Å². The van der Waals surface area contributed by atoms with Gasteiger partial charge in [-0.3, -0.25) is 4.79 Å². The van der Waals surface area contributed by atoms with E-state index in [-0.39, 0.29) is 24.2 Å². The number of carbonyl (C=O) groups excluding carboxylic acids is 2. The van der Waals surface area contributed by atoms with Gasteiger partial charge in [0.05, 0.1) is 19.1 Å². The Labute approximate surface area is 192 Å². The smallest absolute Gasteiger partial charge is 0.412 e. The number of rotatable bonds is 10. The van der Waals surface area contributed by atoms with Crippen molar-refractivity contribution in [3.8, 4) is 5.75 Å². The quantitative estimate of drug-likeness (QED) is 0.527. The van der Waals surface area contributed by atoms with Gasteiger partial charge in [0, 0.05) is 19.0 Å². The molecular formula is C25H40N2O5. The van der Waals surface area contributed by atoms with E-state index in [0.29, 0.717) is 24.6 Å². The van der Waals surface area contributed by atoms with Gasteiger partial charge in [-0.15, -0.1) is 0 Å². The lowest BCUT2D eigenvalue weighted by Gasteiger charge is -2.41. The summed E-state index contributed by atoms with van der Waals surface area (Å²) in [6.45, 7) is 5.29. The lowest BCUT2D eigenvalue weighted by Crippen LogP contribution is -2.43. The van der Waals surface area contributed by atoms with Crippen molar-refractivity contribution in [2.75, 3.05) is 34.3 Å². The van der Waals surface area contributed by atoms with E-state index in [4.69, 9.17) is 9.47 Å². The lowest BCUT2D eigenvalue weighted by atomic mass is 9.71. The van der Waals surface area contributed by atoms with E-state index < -0.39 is 11.7 Å². The maximum atomic E-state index is 12.4. The predicted octanol–water partition coefficient (Wildman–Crippen LogP) is 3.94. The molecule has 1 amide bonds. The van der Waals surface area contributed by atoms with Crippen LogP contribution in [0.4, 0.5) is 4.79 Å². The van der Waals surface area contributed by atoms with Crippen molar-refractivity contribution in [3.63, 3.8) is 0 Å². The highest BCUT2D eigenvalue weighted by atomic mass is 16.6. The summed E-state index contributed by atoms with van der Waals surface area (Å²) in [6, 6.07) is 7.22. The fourth-order valence-electron chi connectivity index (χ4n) is 4.72. The third kappa shape index (κ3) is 7.78. The molecule has 1 aliphatic rings. The van der Waals surface area contributed by atoms with E-state index in [1.54, 1.807) is 12.1 Å². The Balaban J connectivity index is 2.03. The molecule has 0 bridgehead atoms. The molecule has 0 aliphatic heterocycles. The van der Waals surface area contributed by atoms with Crippen molar-refractivity contribution in [2.24, 2.45) is 17.8 Å². The first-order chi connectivity index (χ1) is 15.1. The first kappa shape index (κ1) is 26.1. The average molecular weight is 449 g/mol. The van der Waals surface area contributed by atoms with Crippen LogP contribution < -0.4 is 10.1 Å². The first-order valence-corrected chi connectivity index (χ1v) is 11.6. The summed E-state index contributed by atoms with van der Waals surface area (Å²) in [5.41, 5.74) is -0.140. The highest BCUT2D eigenvalue weighted by Gasteiger charge is 2.40. The number of aliphatic hydroxyl groups is 1. The van der Waals surface area contributed by atoms with Crippen molar-refractivity contribution < 1.29 is 24.2 Å². The number of nitrogens with zero attached hydrogens (tertiary/aromatic N) is 1. The van der Waals surface area contributed by atoms with Gasteiger partial charge < -0.3 is 24.8 Å². The van der Waals surface area contributed by atoms with Gasteiger partial charge in [-0.25, -0.2) is 4.79 Å². The maximum Gasteiger partial charge on any atom is 0.412 e. The number of benzene rings is 1. The number of carbonyl (C=O) groups is 2. The molecular weight excluding hydrogens is 408 g/mol. The van der Waals surface area contributed by atoms with E-state index >= 15 is 0 Å². The highest BCUT2D eigenvalue weighted by Crippen LogP contribution is 2.42. The molecule has 7 heteroatoms. The number of amides is 1. The SMILES string of the molecule is COC(=O)CC(CNC(=O)Oc1cccc(C2(O)CCCCC2CN(C)C)c1)CC(C)C. The molecule has 0 saturated heterocycles. The Morgan fingerprint density at radius 2 is 2.03 bits per heavy atom. The Hall–Kier alpha value is -2.12. The van der Waals surface area contributed by atoms with E-state index in [9.17, 15) is 14.7 Å². The number of ether oxygens (including phenoxy) is 2. The van der Waals surface area contributed by atoms with Gasteiger partial charge in [-0.05, 0) is 62.9 Å². The second-order valence-corrected chi connectivity index (χ2v) is 9.70. The minimum atomic E-state index is -0.929. The van der Waals surface area contributed by atoms with Gasteiger partial charge in [0.2, 0.25) is 0 Å². The predicted molar refractivity (Wildman–Crippen MR) is 124 cm³/mol. The minimum absolute atomic E-state index is 0.0175. The number of hydrogen-bond acceptors (Lipinski definition) is 6. The molecule has 0 radical (unpaired) electrons. The van der Waals surface area contributed by atoms with Crippen molar-refractivity contribution in [3.05, 3.63) is 29.8 Å². The van der Waals surface area contributed by atoms with E-state index in [1.807, 2.05) is 26.2 Å². The van der Waals surface area contributed by atoms with E-state index in [0.717, 1.165) is 37.8 Å². The molecule has 1 aromatic rings. The molecule has 1 aliphatic carbocycles. The van der Waals surface area contributed by atoms with Crippen LogP contribution in [0.15, 0.2) is 24.3 Å². The Morgan fingerprint density at radius 1 is 1.28 bits per heavy atom. The fourth-order valence-corrected chi connectivity index (χ4v) is 4.72. The van der Waals surface area contributed by atoms with Crippen LogP contribution >= 0.6 is 0 Å².